The number of imide groups is 1. The highest BCUT2D eigenvalue weighted by atomic mass is 16.5. The number of amides is 2. The Morgan fingerprint density at radius 1 is 1.24 bits per heavy atom. The maximum absolute atomic E-state index is 13.0. The maximum Gasteiger partial charge on any atom is 0.241 e. The van der Waals surface area contributed by atoms with Gasteiger partial charge in [0.05, 0.1) is 23.6 Å². The zero-order chi connectivity index (χ0) is 15.2. The molecule has 1 saturated heterocycles. The smallest absolute Gasteiger partial charge is 0.241 e. The van der Waals surface area contributed by atoms with Gasteiger partial charge in [-0.15, -0.1) is 0 Å². The van der Waals surface area contributed by atoms with E-state index in [2.05, 4.69) is 13.8 Å². The van der Waals surface area contributed by atoms with E-state index in [4.69, 9.17) is 4.74 Å². The van der Waals surface area contributed by atoms with E-state index in [1.165, 1.54) is 4.90 Å². The summed E-state index contributed by atoms with van der Waals surface area (Å²) in [5, 5.41) is 0. The van der Waals surface area contributed by atoms with Crippen molar-refractivity contribution < 1.29 is 14.3 Å². The van der Waals surface area contributed by atoms with Crippen molar-refractivity contribution in [2.45, 2.75) is 27.7 Å². The molecule has 1 aliphatic carbocycles. The van der Waals surface area contributed by atoms with Crippen LogP contribution in [0.4, 0.5) is 5.69 Å². The van der Waals surface area contributed by atoms with E-state index in [0.29, 0.717) is 18.0 Å². The number of ether oxygens (including phenoxy) is 1. The van der Waals surface area contributed by atoms with Gasteiger partial charge in [0.15, 0.2) is 0 Å². The molecule has 4 nitrogen and oxygen atoms in total. The van der Waals surface area contributed by atoms with Gasteiger partial charge in [0, 0.05) is 5.92 Å². The number of hydrogen-bond donors (Lipinski definition) is 0. The molecule has 0 unspecified atom stereocenters. The first kappa shape index (κ1) is 12.9. The topological polar surface area (TPSA) is 46.6 Å². The van der Waals surface area contributed by atoms with Gasteiger partial charge in [-0.2, -0.15) is 0 Å². The number of nitrogens with zero attached hydrogens (tertiary/aromatic N) is 1. The highest BCUT2D eigenvalue weighted by Gasteiger charge is 2.76. The summed E-state index contributed by atoms with van der Waals surface area (Å²) in [6.45, 7) is 8.48. The molecule has 0 N–H and O–H groups in total. The monoisotopic (exact) mass is 285 g/mol. The fourth-order valence-electron chi connectivity index (χ4n) is 4.98. The van der Waals surface area contributed by atoms with Crippen LogP contribution in [0.3, 0.4) is 0 Å². The largest absolute Gasteiger partial charge is 0.491 e. The van der Waals surface area contributed by atoms with E-state index in [0.717, 1.165) is 5.56 Å². The third kappa shape index (κ3) is 1.19. The second-order valence-electron chi connectivity index (χ2n) is 7.30. The molecule has 2 bridgehead atoms. The van der Waals surface area contributed by atoms with Gasteiger partial charge in [-0.25, -0.2) is 4.90 Å². The molecule has 2 amide bonds. The number of para-hydroxylation sites is 1. The lowest BCUT2D eigenvalue weighted by atomic mass is 9.41. The summed E-state index contributed by atoms with van der Waals surface area (Å²) in [4.78, 5) is 27.3. The van der Waals surface area contributed by atoms with E-state index in [9.17, 15) is 9.59 Å². The van der Waals surface area contributed by atoms with Gasteiger partial charge in [-0.3, -0.25) is 9.59 Å². The van der Waals surface area contributed by atoms with Crippen LogP contribution in [0.15, 0.2) is 18.2 Å². The van der Waals surface area contributed by atoms with E-state index >= 15 is 0 Å². The van der Waals surface area contributed by atoms with Crippen LogP contribution >= 0.6 is 0 Å². The Morgan fingerprint density at radius 2 is 1.95 bits per heavy atom. The number of hydrogen-bond acceptors (Lipinski definition) is 3. The van der Waals surface area contributed by atoms with E-state index in [1.807, 2.05) is 32.0 Å². The number of rotatable bonds is 0. The second kappa shape index (κ2) is 3.49. The summed E-state index contributed by atoms with van der Waals surface area (Å²) in [6.07, 6.45) is 0. The first-order chi connectivity index (χ1) is 9.81. The molecule has 1 aromatic carbocycles. The average Bonchev–Trinajstić information content (AvgIpc) is 2.61. The van der Waals surface area contributed by atoms with Crippen LogP contribution in [0.1, 0.15) is 26.3 Å². The van der Waals surface area contributed by atoms with Gasteiger partial charge < -0.3 is 4.74 Å². The van der Waals surface area contributed by atoms with Crippen molar-refractivity contribution >= 4 is 17.5 Å². The molecule has 0 aromatic heterocycles. The Hall–Kier alpha value is -1.84. The van der Waals surface area contributed by atoms with E-state index in [1.54, 1.807) is 0 Å². The van der Waals surface area contributed by atoms with Gasteiger partial charge in [0.1, 0.15) is 5.75 Å². The van der Waals surface area contributed by atoms with Crippen LogP contribution in [0.5, 0.6) is 5.75 Å². The highest BCUT2D eigenvalue weighted by molar-refractivity contribution is 6.26. The quantitative estimate of drug-likeness (QED) is 0.688. The van der Waals surface area contributed by atoms with Crippen LogP contribution in [0.2, 0.25) is 0 Å². The molecule has 0 radical (unpaired) electrons. The average molecular weight is 285 g/mol. The SMILES string of the molecule is Cc1cccc2c1N1C(=O)[C@H]3C(C)(C)[C@@H](CO2)[C@@]3(C)C1=O. The fourth-order valence-corrected chi connectivity index (χ4v) is 4.98. The third-order valence-electron chi connectivity index (χ3n) is 5.93. The maximum atomic E-state index is 13.0. The Balaban J connectivity index is 2.00. The molecule has 110 valence electrons. The van der Waals surface area contributed by atoms with Crippen LogP contribution in [-0.2, 0) is 9.59 Å². The van der Waals surface area contributed by atoms with Crippen molar-refractivity contribution in [3.05, 3.63) is 23.8 Å². The minimum atomic E-state index is -0.611. The number of aryl methyl sites for hydroxylation is 1. The van der Waals surface area contributed by atoms with E-state index in [-0.39, 0.29) is 29.1 Å². The molecule has 2 aliphatic heterocycles. The van der Waals surface area contributed by atoms with Crippen LogP contribution in [0, 0.1) is 29.6 Å². The summed E-state index contributed by atoms with van der Waals surface area (Å²) in [6, 6.07) is 5.65. The van der Waals surface area contributed by atoms with Crippen LogP contribution < -0.4 is 9.64 Å². The Kier molecular flexibility index (Phi) is 2.14. The summed E-state index contributed by atoms with van der Waals surface area (Å²) in [5.41, 5.74) is 0.722. The van der Waals surface area contributed by atoms with Gasteiger partial charge in [0.2, 0.25) is 11.8 Å². The summed E-state index contributed by atoms with van der Waals surface area (Å²) >= 11 is 0. The van der Waals surface area contributed by atoms with Gasteiger partial charge >= 0.3 is 0 Å². The first-order valence-electron chi connectivity index (χ1n) is 7.42. The van der Waals surface area contributed by atoms with Crippen LogP contribution in [-0.4, -0.2) is 18.4 Å². The Bertz CT molecular complexity index is 693. The first-order valence-corrected chi connectivity index (χ1v) is 7.42. The van der Waals surface area contributed by atoms with Crippen molar-refractivity contribution in [3.8, 4) is 5.75 Å². The molecule has 0 spiro atoms. The predicted octanol–water partition coefficient (Wildman–Crippen LogP) is 2.54. The molecule has 3 aliphatic rings. The zero-order valence-corrected chi connectivity index (χ0v) is 12.8. The molecule has 3 atom stereocenters. The van der Waals surface area contributed by atoms with Crippen molar-refractivity contribution in [1.29, 1.82) is 0 Å². The number of fused-ring (bicyclic) bond motifs is 3. The molecule has 1 saturated carbocycles. The van der Waals surface area contributed by atoms with Crippen molar-refractivity contribution in [1.82, 2.24) is 0 Å². The second-order valence-corrected chi connectivity index (χ2v) is 7.30. The Morgan fingerprint density at radius 3 is 2.67 bits per heavy atom. The van der Waals surface area contributed by atoms with Crippen LogP contribution in [0.25, 0.3) is 0 Å². The molecule has 1 aromatic rings. The molecule has 4 rings (SSSR count). The lowest BCUT2D eigenvalue weighted by Gasteiger charge is -2.59. The normalized spacial score (nSPS) is 35.5. The number of benzene rings is 1. The molecule has 21 heavy (non-hydrogen) atoms. The van der Waals surface area contributed by atoms with Gasteiger partial charge in [0.25, 0.3) is 0 Å². The number of anilines is 1. The van der Waals surface area contributed by atoms with E-state index < -0.39 is 5.41 Å². The molecule has 2 fully saturated rings. The summed E-state index contributed by atoms with van der Waals surface area (Å²) in [7, 11) is 0. The minimum absolute atomic E-state index is 0.0549. The summed E-state index contributed by atoms with van der Waals surface area (Å²) < 4.78 is 5.99. The lowest BCUT2D eigenvalue weighted by molar-refractivity contribution is -0.181. The molecular formula is C17H19NO3. The molecule has 4 heteroatoms. The third-order valence-corrected chi connectivity index (χ3v) is 5.93. The molecular weight excluding hydrogens is 266 g/mol. The lowest BCUT2D eigenvalue weighted by Crippen LogP contribution is -2.64. The summed E-state index contributed by atoms with van der Waals surface area (Å²) in [5.74, 6) is 0.356. The van der Waals surface area contributed by atoms with Crippen molar-refractivity contribution in [2.75, 3.05) is 11.5 Å². The standard InChI is InChI=1S/C17H19NO3/c1-9-6-5-7-10-12(9)18-14(19)13-16(2,3)11(8-21-10)17(13,4)15(18)20/h5-7,11,13H,8H2,1-4H3/t11-,13+,17-/m1/s1. The predicted molar refractivity (Wildman–Crippen MR) is 78.0 cm³/mol. The highest BCUT2D eigenvalue weighted by Crippen LogP contribution is 2.69. The van der Waals surface area contributed by atoms with Crippen molar-refractivity contribution in [3.63, 3.8) is 0 Å². The molecule has 2 heterocycles. The minimum Gasteiger partial charge on any atom is -0.491 e. The number of carbonyl (C=O) groups excluding carboxylic acids is 2. The fraction of sp³-hybridized carbons (Fsp3) is 0.529. The number of carbonyl (C=O) groups is 2. The van der Waals surface area contributed by atoms with Gasteiger partial charge in [-0.05, 0) is 30.9 Å². The van der Waals surface area contributed by atoms with Gasteiger partial charge in [-0.1, -0.05) is 26.0 Å². The Labute approximate surface area is 124 Å². The zero-order valence-electron chi connectivity index (χ0n) is 12.8. The van der Waals surface area contributed by atoms with Crippen molar-refractivity contribution in [2.24, 2.45) is 22.7 Å².